The van der Waals surface area contributed by atoms with Crippen molar-refractivity contribution in [3.63, 3.8) is 0 Å². The lowest BCUT2D eigenvalue weighted by molar-refractivity contribution is -1.03. The monoisotopic (exact) mass is 600 g/mol. The van der Waals surface area contributed by atoms with Gasteiger partial charge in [0.2, 0.25) is 0 Å². The number of hydrogen-bond donors (Lipinski definition) is 0. The van der Waals surface area contributed by atoms with E-state index in [2.05, 4.69) is 12.1 Å². The van der Waals surface area contributed by atoms with Crippen LogP contribution in [0.15, 0.2) is 114 Å². The van der Waals surface area contributed by atoms with Gasteiger partial charge in [0.05, 0.1) is 4.90 Å². The summed E-state index contributed by atoms with van der Waals surface area (Å²) in [6.07, 6.45) is 0.744. The third-order valence-corrected chi connectivity index (χ3v) is 12.3. The van der Waals surface area contributed by atoms with E-state index in [0.29, 0.717) is 0 Å². The van der Waals surface area contributed by atoms with Gasteiger partial charge in [-0.2, -0.15) is 8.42 Å². The van der Waals surface area contributed by atoms with E-state index in [9.17, 15) is 8.42 Å². The Balaban J connectivity index is 1.58. The van der Waals surface area contributed by atoms with E-state index in [0.717, 1.165) is 24.9 Å². The first-order chi connectivity index (χ1) is 16.7. The van der Waals surface area contributed by atoms with Gasteiger partial charge in [-0.05, 0) is 89.4 Å². The minimum atomic E-state index is -3.95. The van der Waals surface area contributed by atoms with Crippen LogP contribution in [0.4, 0.5) is 0 Å². The van der Waals surface area contributed by atoms with E-state index >= 15 is 0 Å². The zero-order valence-corrected chi connectivity index (χ0v) is 23.0. The Labute approximate surface area is 216 Å². The Morgan fingerprint density at radius 1 is 0.657 bits per heavy atom. The second kappa shape index (κ2) is 10.9. The van der Waals surface area contributed by atoms with E-state index in [1.54, 1.807) is 12.1 Å². The highest BCUT2D eigenvalue weighted by molar-refractivity contribution is 7.86. The van der Waals surface area contributed by atoms with Crippen LogP contribution in [0.2, 0.25) is 0 Å². The molecule has 0 bridgehead atoms. The van der Waals surface area contributed by atoms with Crippen molar-refractivity contribution in [2.45, 2.75) is 37.7 Å². The maximum absolute atomic E-state index is 13.3. The summed E-state index contributed by atoms with van der Waals surface area (Å²) in [5, 5.41) is 0. The summed E-state index contributed by atoms with van der Waals surface area (Å²) in [5.41, 5.74) is 1.91. The molecule has 0 saturated carbocycles. The topological polar surface area (TPSA) is 52.6 Å². The first kappa shape index (κ1) is 25.4. The number of halogens is 1. The van der Waals surface area contributed by atoms with E-state index in [4.69, 9.17) is 7.25 Å². The number of ether oxygens (including phenoxy) is 1. The van der Waals surface area contributed by atoms with Crippen molar-refractivity contribution in [1.82, 2.24) is 0 Å². The van der Waals surface area contributed by atoms with Crippen molar-refractivity contribution in [2.24, 2.45) is 0 Å². The van der Waals surface area contributed by atoms with Gasteiger partial charge in [0.15, 0.2) is 7.14 Å². The van der Waals surface area contributed by atoms with Crippen molar-refractivity contribution < 1.29 is 35.9 Å². The van der Waals surface area contributed by atoms with Gasteiger partial charge in [0, 0.05) is 0 Å². The van der Waals surface area contributed by atoms with E-state index in [-0.39, 0.29) is 10.5 Å². The summed E-state index contributed by atoms with van der Waals surface area (Å²) < 4.78 is 40.3. The average molecular weight is 601 g/mol. The van der Waals surface area contributed by atoms with Crippen LogP contribution in [0.5, 0.6) is 5.75 Å². The fourth-order valence-corrected chi connectivity index (χ4v) is 10.4. The number of benzene rings is 4. The van der Waals surface area contributed by atoms with Gasteiger partial charge >= 0.3 is 30.4 Å². The molecule has 0 fully saturated rings. The van der Waals surface area contributed by atoms with Gasteiger partial charge in [-0.1, -0.05) is 60.7 Å². The first-order valence-electron chi connectivity index (χ1n) is 11.3. The van der Waals surface area contributed by atoms with Crippen LogP contribution in [0.25, 0.3) is 0 Å². The maximum Gasteiger partial charge on any atom is 0.336 e. The van der Waals surface area contributed by atoms with Crippen LogP contribution < -0.4 is 25.0 Å². The molecule has 0 spiro atoms. The summed E-state index contributed by atoms with van der Waals surface area (Å²) in [4.78, 5) is 0.167. The molecular weight excluding hydrogens is 571 g/mol. The molecular formula is C29H29IO4S+. The van der Waals surface area contributed by atoms with Crippen molar-refractivity contribution in [2.75, 3.05) is 0 Å². The molecule has 0 aromatic heterocycles. The van der Waals surface area contributed by atoms with Gasteiger partial charge in [-0.15, -0.1) is 0 Å². The average Bonchev–Trinajstić information content (AvgIpc) is 2.84. The molecule has 4 aromatic rings. The molecule has 4 nitrogen and oxygen atoms in total. The van der Waals surface area contributed by atoms with Crippen LogP contribution in [-0.4, -0.2) is 14.0 Å². The van der Waals surface area contributed by atoms with Crippen LogP contribution in [-0.2, 0) is 19.1 Å². The molecule has 0 saturated heterocycles. The quantitative estimate of drug-likeness (QED) is 0.291. The van der Waals surface area contributed by atoms with Crippen LogP contribution in [0.3, 0.4) is 0 Å². The number of rotatable bonds is 8. The Morgan fingerprint density at radius 2 is 1.17 bits per heavy atom. The van der Waals surface area contributed by atoms with Crippen molar-refractivity contribution in [3.8, 4) is 5.75 Å². The molecule has 6 heteroatoms. The minimum absolute atomic E-state index is 0.167. The standard InChI is InChI=1S/C29H29IO4S/c1-29(2,3)33-27-18-16-26(17-19-27)30(25-12-8-5-9-13-25)34-35(31,32)28-20-14-24(15-21-28)22-23-10-6-4-7-11-23/h4-21H,22H2,1-3H3/q+1. The lowest BCUT2D eigenvalue weighted by atomic mass is 10.1. The zero-order chi connectivity index (χ0) is 24.9. The van der Waals surface area contributed by atoms with Crippen molar-refractivity contribution in [1.29, 1.82) is 0 Å². The highest BCUT2D eigenvalue weighted by atomic mass is 127. The molecule has 0 N–H and O–H groups in total. The van der Waals surface area contributed by atoms with Crippen LogP contribution in [0, 0.1) is 7.14 Å². The first-order valence-corrected chi connectivity index (χ1v) is 15.8. The molecule has 1 radical (unpaired) electrons. The van der Waals surface area contributed by atoms with E-state index in [1.165, 1.54) is 5.56 Å². The van der Waals surface area contributed by atoms with Crippen LogP contribution >= 0.6 is 0 Å². The predicted molar refractivity (Wildman–Crippen MR) is 135 cm³/mol. The fraction of sp³-hybridized carbons (Fsp3) is 0.172. The second-order valence-electron chi connectivity index (χ2n) is 9.04. The lowest BCUT2D eigenvalue weighted by Gasteiger charge is -2.21. The third kappa shape index (κ3) is 7.16. The van der Waals surface area contributed by atoms with Gasteiger partial charge in [-0.25, -0.2) is 0 Å². The summed E-state index contributed by atoms with van der Waals surface area (Å²) in [7, 11) is -3.95. The molecule has 0 aliphatic rings. The van der Waals surface area contributed by atoms with Gasteiger partial charge in [-0.3, -0.25) is 0 Å². The Morgan fingerprint density at radius 3 is 1.74 bits per heavy atom. The molecule has 0 heterocycles. The SMILES string of the molecule is CC(C)(C)Oc1ccc([I+](OS(=O)(=O)c2ccc(Cc3ccccc3)cc2)c2ccccc2)cc1. The molecule has 181 valence electrons. The molecule has 0 atom stereocenters. The highest BCUT2D eigenvalue weighted by Crippen LogP contribution is 2.17. The molecule has 0 aliphatic heterocycles. The zero-order valence-electron chi connectivity index (χ0n) is 20.0. The summed E-state index contributed by atoms with van der Waals surface area (Å²) in [6, 6.07) is 34.2. The summed E-state index contributed by atoms with van der Waals surface area (Å²) in [5.74, 6) is 0.738. The van der Waals surface area contributed by atoms with E-state index < -0.39 is 30.4 Å². The smallest absolute Gasteiger partial charge is 0.336 e. The highest BCUT2D eigenvalue weighted by Gasteiger charge is 2.37. The molecule has 4 rings (SSSR count). The third-order valence-electron chi connectivity index (χ3n) is 4.98. The van der Waals surface area contributed by atoms with Gasteiger partial charge < -0.3 is 4.74 Å². The predicted octanol–water partition coefficient (Wildman–Crippen LogP) is 3.44. The Bertz CT molecular complexity index is 1330. The largest absolute Gasteiger partial charge is 0.488 e. The fourth-order valence-electron chi connectivity index (χ4n) is 3.42. The minimum Gasteiger partial charge on any atom is -0.488 e. The summed E-state index contributed by atoms with van der Waals surface area (Å²) in [6.45, 7) is 5.97. The second-order valence-corrected chi connectivity index (χ2v) is 15.5. The van der Waals surface area contributed by atoms with Gasteiger partial charge in [0.1, 0.15) is 11.4 Å². The summed E-state index contributed by atoms with van der Waals surface area (Å²) >= 11 is -2.75. The molecule has 35 heavy (non-hydrogen) atoms. The Hall–Kier alpha value is -2.68. The van der Waals surface area contributed by atoms with E-state index in [1.807, 2.05) is 106 Å². The van der Waals surface area contributed by atoms with Crippen molar-refractivity contribution in [3.05, 3.63) is 127 Å². The van der Waals surface area contributed by atoms with Crippen LogP contribution in [0.1, 0.15) is 31.9 Å². The van der Waals surface area contributed by atoms with Crippen molar-refractivity contribution >= 4 is 10.1 Å². The van der Waals surface area contributed by atoms with Gasteiger partial charge in [0.25, 0.3) is 0 Å². The number of hydrogen-bond acceptors (Lipinski definition) is 4. The maximum atomic E-state index is 13.3. The Kier molecular flexibility index (Phi) is 7.94. The molecule has 0 aliphatic carbocycles. The molecule has 4 aromatic carbocycles. The normalized spacial score (nSPS) is 12.0. The molecule has 0 unspecified atom stereocenters. The lowest BCUT2D eigenvalue weighted by Crippen LogP contribution is -3.85. The molecule has 0 amide bonds.